The van der Waals surface area contributed by atoms with Crippen LogP contribution in [0.5, 0.6) is 11.5 Å². The van der Waals surface area contributed by atoms with Crippen LogP contribution in [0.2, 0.25) is 0 Å². The Hall–Kier alpha value is -2.77. The Labute approximate surface area is 181 Å². The highest BCUT2D eigenvalue weighted by Crippen LogP contribution is 2.53. The number of nitrogens with one attached hydrogen (secondary N) is 1. The van der Waals surface area contributed by atoms with E-state index < -0.39 is 5.72 Å². The van der Waals surface area contributed by atoms with E-state index in [1.54, 1.807) is 37.1 Å². The number of hydrogen-bond acceptors (Lipinski definition) is 5. The van der Waals surface area contributed by atoms with Crippen LogP contribution in [0.1, 0.15) is 43.0 Å². The van der Waals surface area contributed by atoms with Crippen molar-refractivity contribution in [3.8, 4) is 11.5 Å². The maximum absolute atomic E-state index is 13.3. The van der Waals surface area contributed by atoms with Crippen LogP contribution in [0.15, 0.2) is 18.2 Å². The number of amides is 3. The van der Waals surface area contributed by atoms with Crippen LogP contribution >= 0.6 is 0 Å². The minimum atomic E-state index is -0.747. The molecule has 2 bridgehead atoms. The van der Waals surface area contributed by atoms with Crippen LogP contribution in [0, 0.1) is 17.8 Å². The average Bonchev–Trinajstić information content (AvgIpc) is 2.78. The average molecular weight is 428 g/mol. The van der Waals surface area contributed by atoms with Gasteiger partial charge in [0, 0.05) is 57.4 Å². The monoisotopic (exact) mass is 427 g/mol. The van der Waals surface area contributed by atoms with Crippen molar-refractivity contribution in [1.29, 1.82) is 0 Å². The maximum Gasteiger partial charge on any atom is 0.258 e. The summed E-state index contributed by atoms with van der Waals surface area (Å²) in [6.07, 6.45) is 3.27. The summed E-state index contributed by atoms with van der Waals surface area (Å²) in [5.41, 5.74) is -0.229. The first-order chi connectivity index (χ1) is 14.9. The van der Waals surface area contributed by atoms with Crippen molar-refractivity contribution in [2.75, 3.05) is 33.3 Å². The molecule has 0 radical (unpaired) electrons. The molecule has 4 unspecified atom stereocenters. The third kappa shape index (κ3) is 3.32. The van der Waals surface area contributed by atoms with Crippen molar-refractivity contribution in [2.24, 2.45) is 17.8 Å². The minimum absolute atomic E-state index is 0.0412. The van der Waals surface area contributed by atoms with E-state index in [0.29, 0.717) is 49.7 Å². The van der Waals surface area contributed by atoms with Gasteiger partial charge in [0.15, 0.2) is 5.72 Å². The predicted octanol–water partition coefficient (Wildman–Crippen LogP) is 1.64. The number of carbonyl (C=O) groups excluding carboxylic acids is 3. The first-order valence-electron chi connectivity index (χ1n) is 11.1. The zero-order valence-corrected chi connectivity index (χ0v) is 18.1. The largest absolute Gasteiger partial charge is 0.497 e. The first kappa shape index (κ1) is 20.2. The molecule has 3 aliphatic carbocycles. The lowest BCUT2D eigenvalue weighted by atomic mass is 9.59. The molecule has 1 spiro atoms. The summed E-state index contributed by atoms with van der Waals surface area (Å²) in [5.74, 6) is 1.57. The highest BCUT2D eigenvalue weighted by molar-refractivity contribution is 5.98. The summed E-state index contributed by atoms with van der Waals surface area (Å²) in [7, 11) is 1.59. The fourth-order valence-corrected chi connectivity index (χ4v) is 5.90. The molecule has 1 aromatic carbocycles. The Balaban J connectivity index is 1.32. The molecule has 1 saturated heterocycles. The van der Waals surface area contributed by atoms with E-state index in [4.69, 9.17) is 9.47 Å². The molecule has 5 aliphatic rings. The van der Waals surface area contributed by atoms with Gasteiger partial charge in [-0.2, -0.15) is 0 Å². The standard InChI is InChI=1S/C23H29N3O5/c1-14(27)25-7-9-26(10-8-25)22(29)19-11-16-4-3-15(19)13-23(16)24-21(28)18-6-5-17(30-2)12-20(18)31-23/h5-6,12,15-16,19H,3-4,7-11,13H2,1-2H3,(H,24,28). The summed E-state index contributed by atoms with van der Waals surface area (Å²) in [4.78, 5) is 41.4. The first-order valence-corrected chi connectivity index (χ1v) is 11.1. The number of piperazine rings is 1. The quantitative estimate of drug-likeness (QED) is 0.775. The molecule has 8 nitrogen and oxygen atoms in total. The molecule has 4 atom stereocenters. The van der Waals surface area contributed by atoms with Gasteiger partial charge in [-0.3, -0.25) is 14.4 Å². The number of hydrogen-bond donors (Lipinski definition) is 1. The summed E-state index contributed by atoms with van der Waals surface area (Å²) in [5, 5.41) is 3.14. The minimum Gasteiger partial charge on any atom is -0.497 e. The van der Waals surface area contributed by atoms with E-state index in [2.05, 4.69) is 5.32 Å². The second-order valence-corrected chi connectivity index (χ2v) is 9.22. The number of methoxy groups -OCH3 is 1. The van der Waals surface area contributed by atoms with Crippen molar-refractivity contribution in [3.63, 3.8) is 0 Å². The van der Waals surface area contributed by atoms with E-state index in [0.717, 1.165) is 19.3 Å². The third-order valence-electron chi connectivity index (χ3n) is 7.62. The zero-order chi connectivity index (χ0) is 21.8. The molecule has 166 valence electrons. The van der Waals surface area contributed by atoms with Crippen LogP contribution < -0.4 is 14.8 Å². The number of rotatable bonds is 2. The Morgan fingerprint density at radius 1 is 1.16 bits per heavy atom. The molecule has 2 heterocycles. The lowest BCUT2D eigenvalue weighted by Gasteiger charge is -2.55. The van der Waals surface area contributed by atoms with Crippen molar-refractivity contribution >= 4 is 17.7 Å². The number of fused-ring (bicyclic) bond motifs is 3. The van der Waals surface area contributed by atoms with Crippen LogP contribution in [0.4, 0.5) is 0 Å². The second-order valence-electron chi connectivity index (χ2n) is 9.22. The molecule has 4 fully saturated rings. The van der Waals surface area contributed by atoms with Crippen LogP contribution in [0.3, 0.4) is 0 Å². The van der Waals surface area contributed by atoms with Crippen LogP contribution in [-0.2, 0) is 9.59 Å². The van der Waals surface area contributed by atoms with Gasteiger partial charge >= 0.3 is 0 Å². The molecule has 6 rings (SSSR count). The maximum atomic E-state index is 13.3. The molecule has 3 amide bonds. The molecular weight excluding hydrogens is 398 g/mol. The van der Waals surface area contributed by atoms with E-state index in [1.807, 2.05) is 4.90 Å². The van der Waals surface area contributed by atoms with E-state index >= 15 is 0 Å². The molecule has 31 heavy (non-hydrogen) atoms. The summed E-state index contributed by atoms with van der Waals surface area (Å²) in [6, 6.07) is 5.26. The van der Waals surface area contributed by atoms with Gasteiger partial charge in [0.1, 0.15) is 11.5 Å². The van der Waals surface area contributed by atoms with Crippen LogP contribution in [0.25, 0.3) is 0 Å². The second kappa shape index (κ2) is 7.43. The summed E-state index contributed by atoms with van der Waals surface area (Å²) >= 11 is 0. The molecule has 1 aromatic rings. The van der Waals surface area contributed by atoms with Gasteiger partial charge in [-0.05, 0) is 37.3 Å². The van der Waals surface area contributed by atoms with Crippen molar-refractivity contribution < 1.29 is 23.9 Å². The topological polar surface area (TPSA) is 88.2 Å². The lowest BCUT2D eigenvalue weighted by molar-refractivity contribution is -0.158. The Kier molecular flexibility index (Phi) is 4.83. The summed E-state index contributed by atoms with van der Waals surface area (Å²) in [6.45, 7) is 3.96. The molecular formula is C23H29N3O5. The van der Waals surface area contributed by atoms with Crippen LogP contribution in [-0.4, -0.2) is 66.5 Å². The zero-order valence-electron chi connectivity index (χ0n) is 18.1. The third-order valence-corrected chi connectivity index (χ3v) is 7.62. The van der Waals surface area contributed by atoms with Crippen molar-refractivity contribution in [3.05, 3.63) is 23.8 Å². The van der Waals surface area contributed by atoms with Gasteiger partial charge in [0.05, 0.1) is 12.7 Å². The normalized spacial score (nSPS) is 31.7. The van der Waals surface area contributed by atoms with E-state index in [1.165, 1.54) is 0 Å². The Morgan fingerprint density at radius 3 is 2.55 bits per heavy atom. The molecule has 3 saturated carbocycles. The number of nitrogens with zero attached hydrogens (tertiary/aromatic N) is 2. The predicted molar refractivity (Wildman–Crippen MR) is 112 cm³/mol. The molecule has 8 heteroatoms. The number of benzene rings is 1. The number of ether oxygens (including phenoxy) is 2. The van der Waals surface area contributed by atoms with Gasteiger partial charge in [-0.1, -0.05) is 0 Å². The van der Waals surface area contributed by atoms with E-state index in [-0.39, 0.29) is 35.5 Å². The smallest absolute Gasteiger partial charge is 0.258 e. The lowest BCUT2D eigenvalue weighted by Crippen LogP contribution is -2.67. The highest BCUT2D eigenvalue weighted by Gasteiger charge is 2.57. The molecule has 0 aromatic heterocycles. The van der Waals surface area contributed by atoms with Crippen molar-refractivity contribution in [1.82, 2.24) is 15.1 Å². The Bertz CT molecular complexity index is 926. The fourth-order valence-electron chi connectivity index (χ4n) is 5.90. The Morgan fingerprint density at radius 2 is 1.90 bits per heavy atom. The highest BCUT2D eigenvalue weighted by atomic mass is 16.5. The summed E-state index contributed by atoms with van der Waals surface area (Å²) < 4.78 is 11.7. The fraction of sp³-hybridized carbons (Fsp3) is 0.609. The van der Waals surface area contributed by atoms with Gasteiger partial charge in [0.2, 0.25) is 11.8 Å². The molecule has 2 aliphatic heterocycles. The number of carbonyl (C=O) groups is 3. The van der Waals surface area contributed by atoms with Gasteiger partial charge in [-0.25, -0.2) is 0 Å². The van der Waals surface area contributed by atoms with Gasteiger partial charge in [0.25, 0.3) is 5.91 Å². The van der Waals surface area contributed by atoms with Gasteiger partial charge < -0.3 is 24.6 Å². The van der Waals surface area contributed by atoms with Crippen molar-refractivity contribution in [2.45, 2.75) is 38.3 Å². The SMILES string of the molecule is COc1ccc2c(c1)OC1(CC3CCC1CC3C(=O)N1CCN(C(C)=O)CC1)NC2=O. The van der Waals surface area contributed by atoms with E-state index in [9.17, 15) is 14.4 Å². The molecule has 1 N–H and O–H groups in total. The van der Waals surface area contributed by atoms with Gasteiger partial charge in [-0.15, -0.1) is 0 Å².